The summed E-state index contributed by atoms with van der Waals surface area (Å²) in [7, 11) is 4.26. The molecule has 0 spiro atoms. The van der Waals surface area contributed by atoms with Gasteiger partial charge in [0.25, 0.3) is 0 Å². The number of nitrogens with zero attached hydrogens (tertiary/aromatic N) is 1. The van der Waals surface area contributed by atoms with Gasteiger partial charge in [-0.2, -0.15) is 0 Å². The minimum atomic E-state index is 0.0659. The Labute approximate surface area is 182 Å². The molecule has 3 nitrogen and oxygen atoms in total. The van der Waals surface area contributed by atoms with Crippen LogP contribution in [-0.2, 0) is 9.47 Å². The quantitative estimate of drug-likeness (QED) is 0.153. The number of hydrogen-bond donors (Lipinski definition) is 0. The van der Waals surface area contributed by atoms with Crippen LogP contribution < -0.4 is 0 Å². The van der Waals surface area contributed by atoms with Crippen LogP contribution in [0.25, 0.3) is 0 Å². The van der Waals surface area contributed by atoms with Gasteiger partial charge in [0.15, 0.2) is 6.29 Å². The number of hydrogen-bond acceptors (Lipinski definition) is 3. The zero-order valence-corrected chi connectivity index (χ0v) is 20.0. The second kappa shape index (κ2) is 19.6. The van der Waals surface area contributed by atoms with Crippen LogP contribution >= 0.6 is 0 Å². The number of allylic oxidation sites excluding steroid dienone is 2. The molecule has 2 unspecified atom stereocenters. The van der Waals surface area contributed by atoms with Crippen molar-refractivity contribution in [2.45, 2.75) is 128 Å². The Morgan fingerprint density at radius 3 is 1.93 bits per heavy atom. The van der Waals surface area contributed by atoms with Gasteiger partial charge in [-0.25, -0.2) is 0 Å². The summed E-state index contributed by atoms with van der Waals surface area (Å²) in [6.45, 7) is 4.22. The van der Waals surface area contributed by atoms with E-state index in [-0.39, 0.29) is 6.29 Å². The third kappa shape index (κ3) is 17.0. The Morgan fingerprint density at radius 1 is 0.724 bits per heavy atom. The summed E-state index contributed by atoms with van der Waals surface area (Å²) < 4.78 is 11.8. The number of unbranched alkanes of at least 4 members (excludes halogenated alkanes) is 12. The maximum atomic E-state index is 6.02. The van der Waals surface area contributed by atoms with Gasteiger partial charge in [-0.15, -0.1) is 0 Å². The lowest BCUT2D eigenvalue weighted by Crippen LogP contribution is -2.17. The summed E-state index contributed by atoms with van der Waals surface area (Å²) >= 11 is 0. The molecule has 1 fully saturated rings. The Morgan fingerprint density at radius 2 is 1.31 bits per heavy atom. The van der Waals surface area contributed by atoms with Gasteiger partial charge in [-0.3, -0.25) is 0 Å². The van der Waals surface area contributed by atoms with Crippen LogP contribution in [0.2, 0.25) is 0 Å². The zero-order chi connectivity index (χ0) is 21.0. The molecule has 0 N–H and O–H groups in total. The molecule has 0 saturated carbocycles. The lowest BCUT2D eigenvalue weighted by molar-refractivity contribution is -0.0644. The summed E-state index contributed by atoms with van der Waals surface area (Å²) in [6.07, 6.45) is 27.6. The zero-order valence-electron chi connectivity index (χ0n) is 20.0. The molecule has 1 rings (SSSR count). The summed E-state index contributed by atoms with van der Waals surface area (Å²) in [5.41, 5.74) is 0. The topological polar surface area (TPSA) is 21.7 Å². The summed E-state index contributed by atoms with van der Waals surface area (Å²) in [6, 6.07) is 0. The van der Waals surface area contributed by atoms with Crippen LogP contribution in [-0.4, -0.2) is 44.5 Å². The van der Waals surface area contributed by atoms with Crippen molar-refractivity contribution in [3.8, 4) is 0 Å². The molecule has 1 aliphatic heterocycles. The molecule has 0 aliphatic carbocycles. The molecule has 29 heavy (non-hydrogen) atoms. The van der Waals surface area contributed by atoms with Crippen molar-refractivity contribution in [1.29, 1.82) is 0 Å². The van der Waals surface area contributed by atoms with Gasteiger partial charge in [-0.05, 0) is 72.0 Å². The molecule has 0 aromatic carbocycles. The molecule has 0 aromatic rings. The van der Waals surface area contributed by atoms with E-state index in [4.69, 9.17) is 9.47 Å². The molecule has 0 bridgehead atoms. The minimum absolute atomic E-state index is 0.0659. The fourth-order valence-electron chi connectivity index (χ4n) is 4.00. The van der Waals surface area contributed by atoms with Crippen molar-refractivity contribution in [3.05, 3.63) is 12.2 Å². The molecule has 2 atom stereocenters. The smallest absolute Gasteiger partial charge is 0.158 e. The molecular formula is C26H51NO2. The van der Waals surface area contributed by atoms with Crippen LogP contribution in [0.5, 0.6) is 0 Å². The first-order chi connectivity index (χ1) is 14.2. The largest absolute Gasteiger partial charge is 0.350 e. The minimum Gasteiger partial charge on any atom is -0.350 e. The van der Waals surface area contributed by atoms with Crippen molar-refractivity contribution >= 4 is 0 Å². The molecule has 0 radical (unpaired) electrons. The molecule has 1 aliphatic rings. The van der Waals surface area contributed by atoms with Crippen LogP contribution in [0.4, 0.5) is 0 Å². The SMILES string of the molecule is CCCCCCCC/C=C\CCCCCCCCC1OCC(CCCN(C)C)O1. The Kier molecular flexibility index (Phi) is 18.0. The number of ether oxygens (including phenoxy) is 2. The predicted molar refractivity (Wildman–Crippen MR) is 126 cm³/mol. The fraction of sp³-hybridized carbons (Fsp3) is 0.923. The van der Waals surface area contributed by atoms with Crippen LogP contribution in [0.1, 0.15) is 116 Å². The average Bonchev–Trinajstić information content (AvgIpc) is 3.15. The van der Waals surface area contributed by atoms with Gasteiger partial charge in [0.1, 0.15) is 0 Å². The van der Waals surface area contributed by atoms with Crippen LogP contribution in [0, 0.1) is 0 Å². The summed E-state index contributed by atoms with van der Waals surface area (Å²) in [5, 5.41) is 0. The van der Waals surface area contributed by atoms with E-state index >= 15 is 0 Å². The molecule has 0 aromatic heterocycles. The highest BCUT2D eigenvalue weighted by atomic mass is 16.7. The summed E-state index contributed by atoms with van der Waals surface area (Å²) in [4.78, 5) is 2.24. The molecule has 1 saturated heterocycles. The highest BCUT2D eigenvalue weighted by Crippen LogP contribution is 2.21. The van der Waals surface area contributed by atoms with E-state index in [1.54, 1.807) is 0 Å². The van der Waals surface area contributed by atoms with E-state index in [0.29, 0.717) is 6.10 Å². The highest BCUT2D eigenvalue weighted by molar-refractivity contribution is 4.81. The average molecular weight is 410 g/mol. The van der Waals surface area contributed by atoms with Crippen LogP contribution in [0.15, 0.2) is 12.2 Å². The normalized spacial score (nSPS) is 19.7. The van der Waals surface area contributed by atoms with E-state index in [9.17, 15) is 0 Å². The number of rotatable bonds is 20. The summed E-state index contributed by atoms with van der Waals surface area (Å²) in [5.74, 6) is 0. The van der Waals surface area contributed by atoms with E-state index in [0.717, 1.165) is 26.0 Å². The Hall–Kier alpha value is -0.380. The van der Waals surface area contributed by atoms with Gasteiger partial charge in [0, 0.05) is 0 Å². The molecule has 0 amide bonds. The van der Waals surface area contributed by atoms with Gasteiger partial charge >= 0.3 is 0 Å². The Bertz CT molecular complexity index is 370. The lowest BCUT2D eigenvalue weighted by Gasteiger charge is -2.13. The second-order valence-corrected chi connectivity index (χ2v) is 9.19. The predicted octanol–water partition coefficient (Wildman–Crippen LogP) is 7.50. The third-order valence-electron chi connectivity index (χ3n) is 5.90. The first kappa shape index (κ1) is 26.7. The molecular weight excluding hydrogens is 358 g/mol. The fourth-order valence-corrected chi connectivity index (χ4v) is 4.00. The Balaban J connectivity index is 1.79. The monoisotopic (exact) mass is 409 g/mol. The maximum Gasteiger partial charge on any atom is 0.158 e. The van der Waals surface area contributed by atoms with Gasteiger partial charge in [0.05, 0.1) is 12.7 Å². The van der Waals surface area contributed by atoms with Crippen molar-refractivity contribution < 1.29 is 9.47 Å². The van der Waals surface area contributed by atoms with Crippen molar-refractivity contribution in [2.75, 3.05) is 27.2 Å². The van der Waals surface area contributed by atoms with E-state index in [1.165, 1.54) is 96.3 Å². The van der Waals surface area contributed by atoms with Crippen LogP contribution in [0.3, 0.4) is 0 Å². The third-order valence-corrected chi connectivity index (χ3v) is 5.90. The van der Waals surface area contributed by atoms with Crippen molar-refractivity contribution in [1.82, 2.24) is 4.90 Å². The first-order valence-electron chi connectivity index (χ1n) is 12.8. The van der Waals surface area contributed by atoms with E-state index in [1.807, 2.05) is 0 Å². The maximum absolute atomic E-state index is 6.02. The van der Waals surface area contributed by atoms with E-state index < -0.39 is 0 Å². The van der Waals surface area contributed by atoms with Crippen molar-refractivity contribution in [2.24, 2.45) is 0 Å². The standard InChI is InChI=1S/C26H51NO2/c1-4-5-6-7-8-9-10-11-12-13-14-15-16-17-18-19-22-26-28-24-25(29-26)21-20-23-27(2)3/h11-12,25-26H,4-10,13-24H2,1-3H3/b12-11-. The van der Waals surface area contributed by atoms with Gasteiger partial charge in [0.2, 0.25) is 0 Å². The second-order valence-electron chi connectivity index (χ2n) is 9.19. The van der Waals surface area contributed by atoms with Gasteiger partial charge in [-0.1, -0.05) is 76.9 Å². The first-order valence-corrected chi connectivity index (χ1v) is 12.8. The molecule has 1 heterocycles. The lowest BCUT2D eigenvalue weighted by atomic mass is 10.1. The van der Waals surface area contributed by atoms with Crippen molar-refractivity contribution in [3.63, 3.8) is 0 Å². The van der Waals surface area contributed by atoms with E-state index in [2.05, 4.69) is 38.1 Å². The highest BCUT2D eigenvalue weighted by Gasteiger charge is 2.24. The van der Waals surface area contributed by atoms with Gasteiger partial charge < -0.3 is 14.4 Å². The molecule has 3 heteroatoms. The molecule has 172 valence electrons.